The van der Waals surface area contributed by atoms with E-state index in [1.165, 1.54) is 0 Å². The minimum absolute atomic E-state index is 0.0206. The fourth-order valence-corrected chi connectivity index (χ4v) is 1.06. The molecule has 6 heteroatoms. The van der Waals surface area contributed by atoms with Gasteiger partial charge in [-0.25, -0.2) is 14.2 Å². The Morgan fingerprint density at radius 2 is 2.31 bits per heavy atom. The molecule has 0 saturated carbocycles. The molecule has 0 aliphatic rings. The molecule has 0 saturated heterocycles. The minimum Gasteiger partial charge on any atom is -0.444 e. The zero-order valence-electron chi connectivity index (χ0n) is 9.17. The fraction of sp³-hybridized carbons (Fsp3) is 0.400. The van der Waals surface area contributed by atoms with Crippen molar-refractivity contribution in [2.45, 2.75) is 26.4 Å². The number of aromatic nitrogens is 1. The number of rotatable bonds is 1. The van der Waals surface area contributed by atoms with Crippen LogP contribution in [0.15, 0.2) is 12.3 Å². The van der Waals surface area contributed by atoms with Gasteiger partial charge in [0, 0.05) is 6.07 Å². The highest BCUT2D eigenvalue weighted by atomic mass is 35.5. The molecule has 4 nitrogen and oxygen atoms in total. The molecule has 1 aromatic heterocycles. The Kier molecular flexibility index (Phi) is 3.70. The number of carbonyl (C=O) groups is 1. The first-order chi connectivity index (χ1) is 7.28. The largest absolute Gasteiger partial charge is 0.444 e. The van der Waals surface area contributed by atoms with Crippen molar-refractivity contribution in [3.8, 4) is 0 Å². The van der Waals surface area contributed by atoms with Gasteiger partial charge in [-0.2, -0.15) is 0 Å². The first kappa shape index (κ1) is 12.7. The molecule has 1 heterocycles. The summed E-state index contributed by atoms with van der Waals surface area (Å²) in [6.45, 7) is 5.13. The van der Waals surface area contributed by atoms with Crippen LogP contribution in [0.3, 0.4) is 0 Å². The van der Waals surface area contributed by atoms with Crippen LogP contribution in [0, 0.1) is 5.82 Å². The van der Waals surface area contributed by atoms with Gasteiger partial charge in [0.1, 0.15) is 10.8 Å². The Morgan fingerprint density at radius 1 is 1.69 bits per heavy atom. The van der Waals surface area contributed by atoms with Crippen LogP contribution in [0.25, 0.3) is 0 Å². The molecule has 1 amide bonds. The Hall–Kier alpha value is -1.36. The van der Waals surface area contributed by atoms with Gasteiger partial charge in [0.15, 0.2) is 5.82 Å². The third-order valence-corrected chi connectivity index (χ3v) is 1.66. The number of hydrogen-bond donors (Lipinski definition) is 1. The standard InChI is InChI=1S/C10H12ClFN2O2/c1-10(2,3)16-9(15)14-7-5-13-8(11)4-6(7)12/h4-5H,1-3H3,(H,14,15)/i1-9. The van der Waals surface area contributed by atoms with Gasteiger partial charge >= 0.3 is 6.09 Å². The summed E-state index contributed by atoms with van der Waals surface area (Å²) < 4.78 is 18.2. The van der Waals surface area contributed by atoms with Crippen LogP contribution < -0.4 is 5.32 Å². The van der Waals surface area contributed by atoms with Gasteiger partial charge in [0.05, 0.1) is 11.9 Å². The summed E-state index contributed by atoms with van der Waals surface area (Å²) in [7, 11) is 0. The van der Waals surface area contributed by atoms with Crippen molar-refractivity contribution in [2.24, 2.45) is 0 Å². The fourth-order valence-electron chi connectivity index (χ4n) is 0.913. The van der Waals surface area contributed by atoms with E-state index in [0.717, 1.165) is 12.3 Å². The monoisotopic (exact) mass is 237 g/mol. The lowest BCUT2D eigenvalue weighted by atomic mass is 2.89. The predicted octanol–water partition coefficient (Wildman–Crippen LogP) is 3.22. The smallest absolute Gasteiger partial charge is 0.412 e. The average Bonchev–Trinajstić information content (AvgIpc) is 2.06. The highest BCUT2D eigenvalue weighted by Gasteiger charge is 2.17. The van der Waals surface area contributed by atoms with Crippen LogP contribution >= 0.6 is 11.6 Å². The van der Waals surface area contributed by atoms with Gasteiger partial charge in [-0.15, -0.1) is 0 Å². The number of hydrogen-bond acceptors (Lipinski definition) is 3. The number of amides is 1. The van der Waals surface area contributed by atoms with Crippen molar-refractivity contribution in [1.29, 1.82) is 0 Å². The van der Waals surface area contributed by atoms with Crippen molar-refractivity contribution in [2.75, 3.05) is 5.32 Å². The van der Waals surface area contributed by atoms with Gasteiger partial charge in [-0.3, -0.25) is 5.32 Å². The van der Waals surface area contributed by atoms with Crippen LogP contribution in [-0.4, -0.2) is 16.7 Å². The second kappa shape index (κ2) is 4.65. The molecule has 16 heavy (non-hydrogen) atoms. The number of carbonyl (C=O) groups excluding carboxylic acids is 1. The molecule has 0 radical (unpaired) electrons. The van der Waals surface area contributed by atoms with Crippen molar-refractivity contribution in [1.82, 2.24) is 4.98 Å². The normalized spacial score (nSPS) is 11.1. The van der Waals surface area contributed by atoms with Crippen LogP contribution in [0.5, 0.6) is 0 Å². The SMILES string of the molecule is CC(C)([3CH3])OC(=O)Nc1cnc(Cl)cc1F. The van der Waals surface area contributed by atoms with E-state index in [-0.39, 0.29) is 10.8 Å². The van der Waals surface area contributed by atoms with Crippen molar-refractivity contribution < 1.29 is 13.9 Å². The van der Waals surface area contributed by atoms with E-state index in [1.807, 2.05) is 0 Å². The number of nitrogens with zero attached hydrogens (tertiary/aromatic N) is 1. The molecular weight excluding hydrogens is 226 g/mol. The van der Waals surface area contributed by atoms with E-state index >= 15 is 0 Å². The van der Waals surface area contributed by atoms with Crippen molar-refractivity contribution in [3.05, 3.63) is 23.2 Å². The maximum absolute atomic E-state index is 13.2. The van der Waals surface area contributed by atoms with Gasteiger partial charge < -0.3 is 4.74 Å². The number of pyridine rings is 1. The summed E-state index contributed by atoms with van der Waals surface area (Å²) >= 11 is 5.46. The number of ether oxygens (including phenoxy) is 1. The lowest BCUT2D eigenvalue weighted by Crippen LogP contribution is -2.27. The van der Waals surface area contributed by atoms with Crippen LogP contribution in [-0.2, 0) is 4.74 Å². The Labute approximate surface area is 97.8 Å². The van der Waals surface area contributed by atoms with Crippen molar-refractivity contribution >= 4 is 23.4 Å². The minimum atomic E-state index is -0.740. The molecule has 0 bridgehead atoms. The molecule has 0 aliphatic heterocycles. The Balaban J connectivity index is 2.70. The maximum atomic E-state index is 13.2. The second-order valence-corrected chi connectivity index (χ2v) is 4.50. The summed E-state index contributed by atoms with van der Waals surface area (Å²) in [5.41, 5.74) is -0.709. The Morgan fingerprint density at radius 3 is 2.81 bits per heavy atom. The quantitative estimate of drug-likeness (QED) is 0.763. The number of nitrogens with one attached hydrogen (secondary N) is 1. The number of anilines is 1. The van der Waals surface area contributed by atoms with E-state index in [0.29, 0.717) is 0 Å². The van der Waals surface area contributed by atoms with Gasteiger partial charge in [0.2, 0.25) is 0 Å². The second-order valence-electron chi connectivity index (χ2n) is 4.11. The van der Waals surface area contributed by atoms with Crippen molar-refractivity contribution in [3.63, 3.8) is 0 Å². The molecule has 0 aliphatic carbocycles. The van der Waals surface area contributed by atoms with Gasteiger partial charge in [-0.1, -0.05) is 11.6 Å². The van der Waals surface area contributed by atoms with E-state index in [2.05, 4.69) is 10.3 Å². The lowest BCUT2D eigenvalue weighted by Gasteiger charge is -2.19. The molecule has 1 N–H and O–H groups in total. The van der Waals surface area contributed by atoms with E-state index < -0.39 is 17.5 Å². The molecular formula is C10H12ClFN2O2. The van der Waals surface area contributed by atoms with E-state index in [9.17, 15) is 9.18 Å². The first-order valence-electron chi connectivity index (χ1n) is 4.59. The zero-order valence-corrected chi connectivity index (χ0v) is 9.93. The predicted molar refractivity (Wildman–Crippen MR) is 59.1 cm³/mol. The summed E-state index contributed by atoms with van der Waals surface area (Å²) in [5, 5.41) is 2.26. The van der Waals surface area contributed by atoms with Crippen LogP contribution in [0.4, 0.5) is 14.9 Å². The molecule has 88 valence electrons. The van der Waals surface area contributed by atoms with Gasteiger partial charge in [0.25, 0.3) is 0 Å². The number of halogens is 2. The molecule has 1 aromatic rings. The molecule has 0 aromatic carbocycles. The first-order valence-corrected chi connectivity index (χ1v) is 4.97. The average molecular weight is 238 g/mol. The third-order valence-electron chi connectivity index (χ3n) is 1.46. The summed E-state index contributed by atoms with van der Waals surface area (Å²) in [5.74, 6) is -0.661. The molecule has 0 atom stereocenters. The Bertz CT molecular complexity index is 404. The molecule has 0 fully saturated rings. The molecule has 0 unspecified atom stereocenters. The summed E-state index contributed by atoms with van der Waals surface area (Å²) in [6.07, 6.45) is 0.386. The molecule has 0 spiro atoms. The highest BCUT2D eigenvalue weighted by molar-refractivity contribution is 6.29. The lowest BCUT2D eigenvalue weighted by molar-refractivity contribution is 0.0635. The van der Waals surface area contributed by atoms with Crippen LogP contribution in [0.1, 0.15) is 20.8 Å². The molecule has 1 rings (SSSR count). The topological polar surface area (TPSA) is 51.2 Å². The van der Waals surface area contributed by atoms with Gasteiger partial charge in [-0.05, 0) is 20.8 Å². The van der Waals surface area contributed by atoms with Crippen LogP contribution in [0.2, 0.25) is 5.15 Å². The van der Waals surface area contributed by atoms with E-state index in [1.54, 1.807) is 20.8 Å². The summed E-state index contributed by atoms with van der Waals surface area (Å²) in [6, 6.07) is 1.01. The summed E-state index contributed by atoms with van der Waals surface area (Å²) in [4.78, 5) is 14.9. The maximum Gasteiger partial charge on any atom is 0.412 e. The zero-order chi connectivity index (χ0) is 12.3. The highest BCUT2D eigenvalue weighted by Crippen LogP contribution is 2.17. The van der Waals surface area contributed by atoms with E-state index in [4.69, 9.17) is 16.3 Å². The third kappa shape index (κ3) is 4.02.